The monoisotopic (exact) mass is 429 g/mol. The number of nitrogens with one attached hydrogen (secondary N) is 2. The highest BCUT2D eigenvalue weighted by Crippen LogP contribution is 2.34. The van der Waals surface area contributed by atoms with E-state index in [9.17, 15) is 4.79 Å². The highest BCUT2D eigenvalue weighted by Gasteiger charge is 2.20. The van der Waals surface area contributed by atoms with Crippen molar-refractivity contribution in [3.8, 4) is 11.3 Å². The Morgan fingerprint density at radius 1 is 1.19 bits per heavy atom. The maximum atomic E-state index is 11.6. The number of anilines is 1. The highest BCUT2D eigenvalue weighted by molar-refractivity contribution is 5.87. The number of hydrogen-bond donors (Lipinski definition) is 2. The van der Waals surface area contributed by atoms with E-state index in [1.54, 1.807) is 0 Å². The Hall–Kier alpha value is -3.38. The number of pyridine rings is 1. The number of aromatic nitrogens is 2. The van der Waals surface area contributed by atoms with Crippen molar-refractivity contribution in [3.63, 3.8) is 0 Å². The van der Waals surface area contributed by atoms with Crippen LogP contribution in [0.3, 0.4) is 0 Å². The quantitative estimate of drug-likeness (QED) is 0.434. The first-order valence-electron chi connectivity index (χ1n) is 11.1. The van der Waals surface area contributed by atoms with Crippen molar-refractivity contribution >= 4 is 16.5 Å². The van der Waals surface area contributed by atoms with Gasteiger partial charge in [0.25, 0.3) is 5.56 Å². The first-order chi connectivity index (χ1) is 15.6. The maximum Gasteiger partial charge on any atom is 0.280 e. The Morgan fingerprint density at radius 3 is 2.84 bits per heavy atom. The van der Waals surface area contributed by atoms with Crippen molar-refractivity contribution in [1.82, 2.24) is 10.1 Å². The molecule has 3 heterocycles. The van der Waals surface area contributed by atoms with Crippen LogP contribution >= 0.6 is 0 Å². The zero-order chi connectivity index (χ0) is 22.1. The number of hydrogen-bond acceptors (Lipinski definition) is 5. The second kappa shape index (κ2) is 8.63. The van der Waals surface area contributed by atoms with Crippen LogP contribution in [0.2, 0.25) is 0 Å². The Morgan fingerprint density at radius 2 is 2.06 bits per heavy atom. The standard InChI is InChI=1S/C26H27N3O3/c1-16-10-19-14-27-24(18-6-5-9-31-15-18)12-22(19)21(11-16)17(2)28-23-8-4-3-7-20(23)25-13-26(30)29-32-25/h3-4,7-8,10-14,17-18,28H,5-6,9,15H2,1-2H3,(H,29,30)/t17-,18?/m1/s1. The van der Waals surface area contributed by atoms with E-state index in [-0.39, 0.29) is 11.6 Å². The van der Waals surface area contributed by atoms with Gasteiger partial charge in [-0.3, -0.25) is 9.78 Å². The molecular formula is C26H27N3O3. The second-order valence-corrected chi connectivity index (χ2v) is 8.59. The van der Waals surface area contributed by atoms with Gasteiger partial charge < -0.3 is 14.6 Å². The van der Waals surface area contributed by atoms with Crippen LogP contribution in [0.1, 0.15) is 48.5 Å². The van der Waals surface area contributed by atoms with Gasteiger partial charge in [0.1, 0.15) is 0 Å². The SMILES string of the molecule is Cc1cc([C@@H](C)Nc2ccccc2-c2cc(=O)[nH]o2)c2cc(C3CCCOC3)ncc2c1. The van der Waals surface area contributed by atoms with Gasteiger partial charge in [0.05, 0.1) is 12.7 Å². The molecule has 0 saturated carbocycles. The summed E-state index contributed by atoms with van der Waals surface area (Å²) in [7, 11) is 0. The molecule has 5 rings (SSSR count). The van der Waals surface area contributed by atoms with Crippen LogP contribution in [-0.4, -0.2) is 23.4 Å². The number of rotatable bonds is 5. The van der Waals surface area contributed by atoms with Gasteiger partial charge in [-0.15, -0.1) is 0 Å². The average molecular weight is 430 g/mol. The minimum Gasteiger partial charge on any atom is -0.381 e. The number of aryl methyl sites for hydroxylation is 1. The molecule has 6 heteroatoms. The minimum absolute atomic E-state index is 0.0297. The predicted molar refractivity (Wildman–Crippen MR) is 126 cm³/mol. The number of ether oxygens (including phenoxy) is 1. The van der Waals surface area contributed by atoms with Crippen LogP contribution in [0.25, 0.3) is 22.1 Å². The van der Waals surface area contributed by atoms with E-state index in [1.807, 2.05) is 30.5 Å². The molecular weight excluding hydrogens is 402 g/mol. The van der Waals surface area contributed by atoms with Gasteiger partial charge in [-0.05, 0) is 61.9 Å². The molecule has 1 unspecified atom stereocenters. The lowest BCUT2D eigenvalue weighted by Crippen LogP contribution is -2.16. The molecule has 0 spiro atoms. The lowest BCUT2D eigenvalue weighted by Gasteiger charge is -2.23. The Labute approximate surface area is 186 Å². The molecule has 2 atom stereocenters. The van der Waals surface area contributed by atoms with Crippen LogP contribution < -0.4 is 10.9 Å². The second-order valence-electron chi connectivity index (χ2n) is 8.59. The lowest BCUT2D eigenvalue weighted by atomic mass is 9.93. The average Bonchev–Trinajstić information content (AvgIpc) is 3.25. The molecule has 0 radical (unpaired) electrons. The van der Waals surface area contributed by atoms with Crippen molar-refractivity contribution in [1.29, 1.82) is 0 Å². The summed E-state index contributed by atoms with van der Waals surface area (Å²) in [6.07, 6.45) is 4.18. The number of fused-ring (bicyclic) bond motifs is 1. The third kappa shape index (κ3) is 4.06. The van der Waals surface area contributed by atoms with Crippen LogP contribution in [-0.2, 0) is 4.74 Å². The molecule has 4 aromatic rings. The van der Waals surface area contributed by atoms with Gasteiger partial charge in [-0.2, -0.15) is 5.16 Å². The summed E-state index contributed by atoms with van der Waals surface area (Å²) >= 11 is 0. The molecule has 6 nitrogen and oxygen atoms in total. The van der Waals surface area contributed by atoms with E-state index < -0.39 is 0 Å². The lowest BCUT2D eigenvalue weighted by molar-refractivity contribution is 0.0793. The van der Waals surface area contributed by atoms with Gasteiger partial charge >= 0.3 is 0 Å². The molecule has 2 N–H and O–H groups in total. The molecule has 1 saturated heterocycles. The van der Waals surface area contributed by atoms with Gasteiger partial charge in [-0.1, -0.05) is 23.8 Å². The summed E-state index contributed by atoms with van der Waals surface area (Å²) in [5.74, 6) is 0.867. The molecule has 0 amide bonds. The van der Waals surface area contributed by atoms with E-state index in [2.05, 4.69) is 42.5 Å². The first-order valence-corrected chi connectivity index (χ1v) is 11.1. The molecule has 1 fully saturated rings. The van der Waals surface area contributed by atoms with Gasteiger partial charge in [0.15, 0.2) is 5.76 Å². The normalized spacial score (nSPS) is 17.4. The molecule has 0 aliphatic carbocycles. The fraction of sp³-hybridized carbons (Fsp3) is 0.308. The highest BCUT2D eigenvalue weighted by atomic mass is 16.5. The Balaban J connectivity index is 1.52. The van der Waals surface area contributed by atoms with Crippen molar-refractivity contribution in [2.24, 2.45) is 0 Å². The third-order valence-corrected chi connectivity index (χ3v) is 6.17. The largest absolute Gasteiger partial charge is 0.381 e. The predicted octanol–water partition coefficient (Wildman–Crippen LogP) is 5.56. The van der Waals surface area contributed by atoms with Crippen LogP contribution in [0.5, 0.6) is 0 Å². The summed E-state index contributed by atoms with van der Waals surface area (Å²) in [5.41, 5.74) is 5.01. The fourth-order valence-corrected chi connectivity index (χ4v) is 4.56. The molecule has 1 aliphatic rings. The van der Waals surface area contributed by atoms with Crippen molar-refractivity contribution < 1.29 is 9.26 Å². The van der Waals surface area contributed by atoms with E-state index in [1.165, 1.54) is 22.6 Å². The Kier molecular flexibility index (Phi) is 5.53. The van der Waals surface area contributed by atoms with E-state index in [4.69, 9.17) is 14.2 Å². The fourth-order valence-electron chi connectivity index (χ4n) is 4.56. The zero-order valence-corrected chi connectivity index (χ0v) is 18.4. The van der Waals surface area contributed by atoms with E-state index in [0.717, 1.165) is 48.4 Å². The molecule has 32 heavy (non-hydrogen) atoms. The van der Waals surface area contributed by atoms with Crippen molar-refractivity contribution in [2.45, 2.75) is 38.6 Å². The zero-order valence-electron chi connectivity index (χ0n) is 18.4. The van der Waals surface area contributed by atoms with Gasteiger partial charge in [-0.25, -0.2) is 0 Å². The molecule has 0 bridgehead atoms. The number of nitrogens with zero attached hydrogens (tertiary/aromatic N) is 1. The topological polar surface area (TPSA) is 80.2 Å². The number of para-hydroxylation sites is 1. The van der Waals surface area contributed by atoms with Gasteiger partial charge in [0, 0.05) is 47.1 Å². The van der Waals surface area contributed by atoms with E-state index >= 15 is 0 Å². The third-order valence-electron chi connectivity index (χ3n) is 6.17. The summed E-state index contributed by atoms with van der Waals surface area (Å²) in [4.78, 5) is 16.3. The number of aromatic amines is 1. The summed E-state index contributed by atoms with van der Waals surface area (Å²) in [5, 5.41) is 8.35. The summed E-state index contributed by atoms with van der Waals surface area (Å²) in [6.45, 7) is 5.85. The number of benzene rings is 2. The van der Waals surface area contributed by atoms with Crippen molar-refractivity contribution in [3.05, 3.63) is 81.9 Å². The summed E-state index contributed by atoms with van der Waals surface area (Å²) in [6, 6.07) is 16.0. The number of H-pyrrole nitrogens is 1. The van der Waals surface area contributed by atoms with E-state index in [0.29, 0.717) is 11.7 Å². The van der Waals surface area contributed by atoms with Gasteiger partial charge in [0.2, 0.25) is 0 Å². The minimum atomic E-state index is -0.251. The Bertz CT molecular complexity index is 1300. The van der Waals surface area contributed by atoms with Crippen LogP contribution in [0.15, 0.2) is 64.0 Å². The van der Waals surface area contributed by atoms with Crippen molar-refractivity contribution in [2.75, 3.05) is 18.5 Å². The van der Waals surface area contributed by atoms with Crippen LogP contribution in [0.4, 0.5) is 5.69 Å². The maximum absolute atomic E-state index is 11.6. The smallest absolute Gasteiger partial charge is 0.280 e. The summed E-state index contributed by atoms with van der Waals surface area (Å²) < 4.78 is 11.0. The molecule has 1 aliphatic heterocycles. The molecule has 2 aromatic carbocycles. The molecule has 164 valence electrons. The first kappa shape index (κ1) is 20.5. The molecule has 2 aromatic heterocycles. The van der Waals surface area contributed by atoms with Crippen LogP contribution in [0, 0.1) is 6.92 Å².